The van der Waals surface area contributed by atoms with E-state index in [9.17, 15) is 0 Å². The first-order valence-electron chi connectivity index (χ1n) is 4.85. The van der Waals surface area contributed by atoms with Gasteiger partial charge in [-0.2, -0.15) is 0 Å². The van der Waals surface area contributed by atoms with Crippen LogP contribution in [0.2, 0.25) is 6.32 Å². The second kappa shape index (κ2) is 7.13. The molecule has 1 nitrogen and oxygen atoms in total. The van der Waals surface area contributed by atoms with Crippen molar-refractivity contribution in [3.8, 4) is 0 Å². The molecule has 0 aromatic rings. The van der Waals surface area contributed by atoms with E-state index in [2.05, 4.69) is 33.5 Å². The predicted octanol–water partition coefficient (Wildman–Crippen LogP) is 2.69. The summed E-state index contributed by atoms with van der Waals surface area (Å²) < 4.78 is 0. The van der Waals surface area contributed by atoms with Crippen molar-refractivity contribution in [1.29, 1.82) is 5.41 Å². The highest BCUT2D eigenvalue weighted by Gasteiger charge is 1.96. The average molecular weight is 187 g/mol. The van der Waals surface area contributed by atoms with Crippen molar-refractivity contribution in [2.75, 3.05) is 0 Å². The van der Waals surface area contributed by atoms with Gasteiger partial charge in [0.1, 0.15) is 7.85 Å². The maximum atomic E-state index is 6.89. The summed E-state index contributed by atoms with van der Waals surface area (Å²) in [6, 6.07) is 0. The van der Waals surface area contributed by atoms with Crippen LogP contribution >= 0.6 is 0 Å². The quantitative estimate of drug-likeness (QED) is 0.388. The van der Waals surface area contributed by atoms with Gasteiger partial charge in [-0.25, -0.2) is 0 Å². The van der Waals surface area contributed by atoms with Gasteiger partial charge in [0.2, 0.25) is 0 Å². The first-order valence-corrected chi connectivity index (χ1v) is 4.85. The molecular weight excluding hydrogens is 169 g/mol. The summed E-state index contributed by atoms with van der Waals surface area (Å²) in [6.07, 6.45) is 10.00. The average Bonchev–Trinajstić information content (AvgIpc) is 2.21. The minimum Gasteiger partial charge on any atom is -0.309 e. The van der Waals surface area contributed by atoms with Crippen molar-refractivity contribution < 1.29 is 0 Å². The molecule has 0 unspecified atom stereocenters. The molecule has 0 aromatic carbocycles. The molecule has 0 saturated heterocycles. The SMILES string of the molecule is BC/C(=C/C(C)=C\C)C(=C)/C=C\C=N. The van der Waals surface area contributed by atoms with Crippen LogP contribution in [0.3, 0.4) is 0 Å². The highest BCUT2D eigenvalue weighted by molar-refractivity contribution is 6.10. The first-order chi connectivity index (χ1) is 6.65. The third kappa shape index (κ3) is 4.66. The minimum atomic E-state index is 0.965. The molecule has 0 aliphatic carbocycles. The van der Waals surface area contributed by atoms with Crippen LogP contribution in [0, 0.1) is 5.41 Å². The summed E-state index contributed by atoms with van der Waals surface area (Å²) in [5, 5.41) is 6.89. The zero-order valence-corrected chi connectivity index (χ0v) is 9.30. The molecule has 0 amide bonds. The van der Waals surface area contributed by atoms with Gasteiger partial charge in [0.15, 0.2) is 0 Å². The Hall–Kier alpha value is -1.31. The Morgan fingerprint density at radius 1 is 1.50 bits per heavy atom. The van der Waals surface area contributed by atoms with E-state index in [1.165, 1.54) is 17.4 Å². The van der Waals surface area contributed by atoms with Gasteiger partial charge in [-0.1, -0.05) is 36.7 Å². The van der Waals surface area contributed by atoms with Crippen molar-refractivity contribution in [3.63, 3.8) is 0 Å². The van der Waals surface area contributed by atoms with Crippen molar-refractivity contribution in [1.82, 2.24) is 0 Å². The molecule has 0 aromatic heterocycles. The molecule has 74 valence electrons. The number of nitrogens with one attached hydrogen (secondary N) is 1. The summed E-state index contributed by atoms with van der Waals surface area (Å²) in [6.45, 7) is 8.06. The van der Waals surface area contributed by atoms with E-state index in [0.717, 1.165) is 11.9 Å². The van der Waals surface area contributed by atoms with Crippen molar-refractivity contribution in [2.45, 2.75) is 20.2 Å². The number of hydrogen-bond acceptors (Lipinski definition) is 1. The number of rotatable bonds is 5. The van der Waals surface area contributed by atoms with Gasteiger partial charge in [-0.05, 0) is 31.1 Å². The molecule has 0 atom stereocenters. The Bertz CT molecular complexity index is 295. The van der Waals surface area contributed by atoms with Crippen LogP contribution in [-0.4, -0.2) is 14.1 Å². The molecule has 0 spiro atoms. The topological polar surface area (TPSA) is 23.9 Å². The van der Waals surface area contributed by atoms with E-state index >= 15 is 0 Å². The molecule has 0 fully saturated rings. The van der Waals surface area contributed by atoms with Crippen LogP contribution in [0.15, 0.2) is 47.6 Å². The largest absolute Gasteiger partial charge is 0.309 e. The third-order valence-electron chi connectivity index (χ3n) is 2.04. The van der Waals surface area contributed by atoms with E-state index < -0.39 is 0 Å². The highest BCUT2D eigenvalue weighted by atomic mass is 14.3. The van der Waals surface area contributed by atoms with Crippen LogP contribution < -0.4 is 0 Å². The Morgan fingerprint density at radius 3 is 2.57 bits per heavy atom. The fourth-order valence-corrected chi connectivity index (χ4v) is 1.05. The third-order valence-corrected chi connectivity index (χ3v) is 2.04. The van der Waals surface area contributed by atoms with Gasteiger partial charge >= 0.3 is 0 Å². The van der Waals surface area contributed by atoms with Gasteiger partial charge < -0.3 is 5.41 Å². The molecule has 0 saturated carbocycles. The van der Waals surface area contributed by atoms with Crippen LogP contribution in [0.25, 0.3) is 0 Å². The molecule has 0 heterocycles. The minimum absolute atomic E-state index is 0.965. The summed E-state index contributed by atoms with van der Waals surface area (Å²) in [5.74, 6) is 0. The fraction of sp³-hybridized carbons (Fsp3) is 0.250. The second-order valence-electron chi connectivity index (χ2n) is 3.11. The predicted molar refractivity (Wildman–Crippen MR) is 67.9 cm³/mol. The Labute approximate surface area is 87.8 Å². The Kier molecular flexibility index (Phi) is 6.47. The van der Waals surface area contributed by atoms with Crippen molar-refractivity contribution >= 4 is 14.1 Å². The summed E-state index contributed by atoms with van der Waals surface area (Å²) in [7, 11) is 2.11. The van der Waals surface area contributed by atoms with Crippen molar-refractivity contribution in [2.24, 2.45) is 0 Å². The summed E-state index contributed by atoms with van der Waals surface area (Å²) >= 11 is 0. The maximum Gasteiger partial charge on any atom is 0.107 e. The van der Waals surface area contributed by atoms with Crippen molar-refractivity contribution in [3.05, 3.63) is 47.6 Å². The molecule has 0 bridgehead atoms. The Morgan fingerprint density at radius 2 is 2.14 bits per heavy atom. The van der Waals surface area contributed by atoms with E-state index in [1.54, 1.807) is 6.08 Å². The van der Waals surface area contributed by atoms with Crippen LogP contribution in [0.1, 0.15) is 13.8 Å². The lowest BCUT2D eigenvalue weighted by Gasteiger charge is -2.04. The zero-order valence-electron chi connectivity index (χ0n) is 9.30. The van der Waals surface area contributed by atoms with Crippen LogP contribution in [-0.2, 0) is 0 Å². The molecule has 0 aliphatic rings. The second-order valence-corrected chi connectivity index (χ2v) is 3.11. The number of hydrogen-bond donors (Lipinski definition) is 1. The van der Waals surface area contributed by atoms with Gasteiger partial charge in [-0.15, -0.1) is 0 Å². The smallest absolute Gasteiger partial charge is 0.107 e. The zero-order chi connectivity index (χ0) is 11.0. The Balaban J connectivity index is 4.72. The van der Waals surface area contributed by atoms with E-state index in [0.29, 0.717) is 0 Å². The summed E-state index contributed by atoms with van der Waals surface area (Å²) in [4.78, 5) is 0. The van der Waals surface area contributed by atoms with Crippen LogP contribution in [0.5, 0.6) is 0 Å². The fourth-order valence-electron chi connectivity index (χ4n) is 1.05. The molecule has 0 rings (SSSR count). The first kappa shape index (κ1) is 12.7. The van der Waals surface area contributed by atoms with Gasteiger partial charge in [-0.3, -0.25) is 0 Å². The highest BCUT2D eigenvalue weighted by Crippen LogP contribution is 2.15. The molecule has 1 N–H and O–H groups in total. The standard InChI is InChI=1S/C12H18BN/c1-4-10(2)8-12(9-13)11(3)6-5-7-14/h4-8,14H,3,9,13H2,1-2H3/b6-5-,10-4-,12-8-,14-7?. The normalized spacial score (nSPS) is 13.3. The van der Waals surface area contributed by atoms with Gasteiger partial charge in [0.05, 0.1) is 0 Å². The lowest BCUT2D eigenvalue weighted by molar-refractivity contribution is 1.37. The lowest BCUT2D eigenvalue weighted by atomic mass is 9.90. The van der Waals surface area contributed by atoms with E-state index in [4.69, 9.17) is 5.41 Å². The van der Waals surface area contributed by atoms with E-state index in [-0.39, 0.29) is 0 Å². The lowest BCUT2D eigenvalue weighted by Crippen LogP contribution is -1.86. The maximum absolute atomic E-state index is 6.89. The summed E-state index contributed by atoms with van der Waals surface area (Å²) in [5.41, 5.74) is 3.45. The van der Waals surface area contributed by atoms with Gasteiger partial charge in [0.25, 0.3) is 0 Å². The molecular formula is C12H18BN. The molecule has 0 aliphatic heterocycles. The monoisotopic (exact) mass is 187 g/mol. The number of allylic oxidation sites excluding steroid dienone is 7. The molecule has 0 radical (unpaired) electrons. The van der Waals surface area contributed by atoms with Crippen LogP contribution in [0.4, 0.5) is 0 Å². The van der Waals surface area contributed by atoms with E-state index in [1.807, 2.05) is 13.0 Å². The van der Waals surface area contributed by atoms with Gasteiger partial charge in [0, 0.05) is 6.21 Å². The molecule has 14 heavy (non-hydrogen) atoms. The molecule has 2 heteroatoms.